The predicted octanol–water partition coefficient (Wildman–Crippen LogP) is 16.6. The Morgan fingerprint density at radius 2 is 0.672 bits per heavy atom. The summed E-state index contributed by atoms with van der Waals surface area (Å²) in [7, 11) is 0. The Balaban J connectivity index is 0.000000101. The van der Waals surface area contributed by atoms with Crippen molar-refractivity contribution in [1.82, 2.24) is 0 Å². The van der Waals surface area contributed by atoms with Gasteiger partial charge in [0.15, 0.2) is 0 Å². The van der Waals surface area contributed by atoms with Crippen LogP contribution in [0.1, 0.15) is 22.3 Å². The summed E-state index contributed by atoms with van der Waals surface area (Å²) < 4.78 is 0. The molecule has 0 aliphatic carbocycles. The average molecular weight is 743 g/mol. The van der Waals surface area contributed by atoms with Crippen LogP contribution in [0.4, 0.5) is 0 Å². The zero-order valence-corrected chi connectivity index (χ0v) is 33.6. The van der Waals surface area contributed by atoms with Gasteiger partial charge in [0.25, 0.3) is 0 Å². The third kappa shape index (κ3) is 7.10. The number of hydrogen-bond acceptors (Lipinski definition) is 0. The Bertz CT molecular complexity index is 3300. The van der Waals surface area contributed by atoms with Crippen LogP contribution in [0, 0.1) is 27.7 Å². The predicted molar refractivity (Wildman–Crippen MR) is 256 cm³/mol. The SMILES string of the molecule is Cc1c2ccccc2cc2ccccc12.Cc1cc2ccccc2c2ccccc12.Cc1ccc2ccc3cccc4ccc1c2c34.Cc1ccc2ccccc2c1. The van der Waals surface area contributed by atoms with E-state index in [4.69, 9.17) is 0 Å². The van der Waals surface area contributed by atoms with Crippen molar-refractivity contribution in [2.75, 3.05) is 0 Å². The summed E-state index contributed by atoms with van der Waals surface area (Å²) in [6.45, 7) is 8.68. The van der Waals surface area contributed by atoms with Gasteiger partial charge in [-0.25, -0.2) is 0 Å². The van der Waals surface area contributed by atoms with Gasteiger partial charge in [0.05, 0.1) is 0 Å². The molecule has 0 aromatic heterocycles. The van der Waals surface area contributed by atoms with Crippen molar-refractivity contribution < 1.29 is 0 Å². The summed E-state index contributed by atoms with van der Waals surface area (Å²) in [5, 5.41) is 21.6. The first-order valence-electron chi connectivity index (χ1n) is 20.3. The first-order chi connectivity index (χ1) is 28.4. The molecule has 0 fully saturated rings. The lowest BCUT2D eigenvalue weighted by Crippen LogP contribution is -1.85. The maximum absolute atomic E-state index is 2.26. The van der Waals surface area contributed by atoms with Crippen molar-refractivity contribution in [3.63, 3.8) is 0 Å². The molecule has 0 bridgehead atoms. The van der Waals surface area contributed by atoms with Crippen LogP contribution in [0.5, 0.6) is 0 Å². The number of benzene rings is 12. The first kappa shape index (κ1) is 36.6. The van der Waals surface area contributed by atoms with E-state index in [0.717, 1.165) is 0 Å². The van der Waals surface area contributed by atoms with E-state index < -0.39 is 0 Å². The van der Waals surface area contributed by atoms with E-state index in [-0.39, 0.29) is 0 Å². The van der Waals surface area contributed by atoms with Gasteiger partial charge in [0.1, 0.15) is 0 Å². The first-order valence-corrected chi connectivity index (χ1v) is 20.3. The summed E-state index contributed by atoms with van der Waals surface area (Å²) in [6.07, 6.45) is 0. The molecule has 0 nitrogen and oxygen atoms in total. The van der Waals surface area contributed by atoms with E-state index in [9.17, 15) is 0 Å². The molecule has 0 aliphatic heterocycles. The maximum atomic E-state index is 2.26. The van der Waals surface area contributed by atoms with Gasteiger partial charge in [-0.2, -0.15) is 0 Å². The van der Waals surface area contributed by atoms with Crippen molar-refractivity contribution in [2.24, 2.45) is 0 Å². The molecule has 12 aromatic carbocycles. The molecule has 0 unspecified atom stereocenters. The lowest BCUT2D eigenvalue weighted by molar-refractivity contribution is 1.51. The van der Waals surface area contributed by atoms with Gasteiger partial charge in [-0.1, -0.05) is 206 Å². The fourth-order valence-corrected chi connectivity index (χ4v) is 8.67. The van der Waals surface area contributed by atoms with E-state index in [1.807, 2.05) is 0 Å². The monoisotopic (exact) mass is 742 g/mol. The molecule has 58 heavy (non-hydrogen) atoms. The molecule has 0 heteroatoms. The highest BCUT2D eigenvalue weighted by Crippen LogP contribution is 2.36. The Labute approximate surface area is 341 Å². The van der Waals surface area contributed by atoms with Crippen molar-refractivity contribution >= 4 is 86.2 Å². The Morgan fingerprint density at radius 3 is 1.33 bits per heavy atom. The van der Waals surface area contributed by atoms with Crippen LogP contribution >= 0.6 is 0 Å². The number of rotatable bonds is 0. The molecule has 0 spiro atoms. The van der Waals surface area contributed by atoms with Crippen molar-refractivity contribution in [2.45, 2.75) is 27.7 Å². The fraction of sp³-hybridized carbons (Fsp3) is 0.0690. The summed E-state index contributed by atoms with van der Waals surface area (Å²) in [5.74, 6) is 0. The van der Waals surface area contributed by atoms with Crippen LogP contribution < -0.4 is 0 Å². The highest BCUT2D eigenvalue weighted by atomic mass is 14.1. The Morgan fingerprint density at radius 1 is 0.224 bits per heavy atom. The topological polar surface area (TPSA) is 0 Å². The van der Waals surface area contributed by atoms with E-state index >= 15 is 0 Å². The van der Waals surface area contributed by atoms with E-state index in [1.165, 1.54) is 108 Å². The summed E-state index contributed by atoms with van der Waals surface area (Å²) in [6, 6.07) is 73.6. The highest BCUT2D eigenvalue weighted by Gasteiger charge is 2.08. The van der Waals surface area contributed by atoms with Gasteiger partial charge in [-0.15, -0.1) is 0 Å². The molecule has 12 rings (SSSR count). The highest BCUT2D eigenvalue weighted by molar-refractivity contribution is 6.23. The van der Waals surface area contributed by atoms with E-state index in [1.54, 1.807) is 0 Å². The summed E-state index contributed by atoms with van der Waals surface area (Å²) >= 11 is 0. The van der Waals surface area contributed by atoms with Crippen molar-refractivity contribution in [3.05, 3.63) is 229 Å². The molecule has 0 radical (unpaired) electrons. The lowest BCUT2D eigenvalue weighted by atomic mass is 9.92. The maximum Gasteiger partial charge on any atom is -0.00241 e. The van der Waals surface area contributed by atoms with Gasteiger partial charge in [-0.3, -0.25) is 0 Å². The van der Waals surface area contributed by atoms with Gasteiger partial charge in [0, 0.05) is 0 Å². The molecule has 0 atom stereocenters. The largest absolute Gasteiger partial charge is 0.0616 e. The molecule has 0 saturated carbocycles. The number of aryl methyl sites for hydroxylation is 4. The van der Waals surface area contributed by atoms with Crippen LogP contribution in [0.25, 0.3) is 86.2 Å². The van der Waals surface area contributed by atoms with Crippen LogP contribution in [0.3, 0.4) is 0 Å². The van der Waals surface area contributed by atoms with Gasteiger partial charge < -0.3 is 0 Å². The minimum absolute atomic E-state index is 1.32. The van der Waals surface area contributed by atoms with Crippen LogP contribution in [0.15, 0.2) is 206 Å². The summed E-state index contributed by atoms with van der Waals surface area (Å²) in [5.41, 5.74) is 5.41. The van der Waals surface area contributed by atoms with E-state index in [0.29, 0.717) is 0 Å². The molecule has 12 aromatic rings. The van der Waals surface area contributed by atoms with Crippen LogP contribution in [0.2, 0.25) is 0 Å². The smallest absolute Gasteiger partial charge is 0.00241 e. The molecule has 0 heterocycles. The second kappa shape index (κ2) is 15.8. The van der Waals surface area contributed by atoms with Crippen molar-refractivity contribution in [3.8, 4) is 0 Å². The minimum Gasteiger partial charge on any atom is -0.0616 e. The van der Waals surface area contributed by atoms with E-state index in [2.05, 4.69) is 234 Å². The third-order valence-corrected chi connectivity index (χ3v) is 11.7. The molecular formula is C58H46. The third-order valence-electron chi connectivity index (χ3n) is 11.7. The molecule has 278 valence electrons. The zero-order chi connectivity index (χ0) is 39.6. The number of fused-ring (bicyclic) bond motifs is 6. The molecule has 0 N–H and O–H groups in total. The quantitative estimate of drug-likeness (QED) is 0.107. The Hall–Kier alpha value is -7.02. The Kier molecular flexibility index (Phi) is 10.0. The molecule has 0 aliphatic rings. The molecule has 0 saturated heterocycles. The lowest BCUT2D eigenvalue weighted by Gasteiger charge is -2.11. The standard InChI is InChI=1S/C17H12.2C15H12.C11H10/c1-11-5-6-14-8-7-12-3-2-4-13-9-10-15(11)17(14)16(12)13;1-11-14-8-4-2-6-12(14)10-13-7-3-5-9-15(11)13;1-11-10-12-6-2-3-8-14(12)15-9-5-4-7-13(11)15;1-9-6-7-10-4-2-3-5-11(10)8-9/h2-10H,1H3;2*2-10H,1H3;2-8H,1H3. The molecular weight excluding hydrogens is 697 g/mol. The second-order valence-electron chi connectivity index (χ2n) is 15.5. The average Bonchev–Trinajstić information content (AvgIpc) is 3.27. The normalized spacial score (nSPS) is 11.1. The number of hydrogen-bond donors (Lipinski definition) is 0. The van der Waals surface area contributed by atoms with Crippen LogP contribution in [-0.4, -0.2) is 0 Å². The molecule has 0 amide bonds. The summed E-state index contributed by atoms with van der Waals surface area (Å²) in [4.78, 5) is 0. The zero-order valence-electron chi connectivity index (χ0n) is 33.6. The van der Waals surface area contributed by atoms with Crippen molar-refractivity contribution in [1.29, 1.82) is 0 Å². The fourth-order valence-electron chi connectivity index (χ4n) is 8.67. The van der Waals surface area contributed by atoms with Gasteiger partial charge in [-0.05, 0) is 137 Å². The minimum atomic E-state index is 1.32. The van der Waals surface area contributed by atoms with Gasteiger partial charge >= 0.3 is 0 Å². The second-order valence-corrected chi connectivity index (χ2v) is 15.5. The van der Waals surface area contributed by atoms with Crippen LogP contribution in [-0.2, 0) is 0 Å². The van der Waals surface area contributed by atoms with Gasteiger partial charge in [0.2, 0.25) is 0 Å².